The van der Waals surface area contributed by atoms with Gasteiger partial charge in [0.2, 0.25) is 12.3 Å². The molecule has 1 aromatic heterocycles. The number of carbonyl (C=O) groups excluding carboxylic acids is 2. The Morgan fingerprint density at radius 1 is 1.22 bits per heavy atom. The first-order valence-corrected chi connectivity index (χ1v) is 11.6. The van der Waals surface area contributed by atoms with Crippen LogP contribution in [0, 0.1) is 11.8 Å². The fourth-order valence-electron chi connectivity index (χ4n) is 5.03. The van der Waals surface area contributed by atoms with Gasteiger partial charge in [0.25, 0.3) is 0 Å². The molecule has 4 rings (SSSR count). The number of tetrazole rings is 1. The minimum Gasteiger partial charge on any atom is -0.332 e. The summed E-state index contributed by atoms with van der Waals surface area (Å²) in [5, 5.41) is 13.1. The molecule has 172 valence electrons. The zero-order valence-electron chi connectivity index (χ0n) is 18.7. The van der Waals surface area contributed by atoms with Crippen LogP contribution < -0.4 is 0 Å². The van der Waals surface area contributed by atoms with Gasteiger partial charge in [-0.15, -0.1) is 5.10 Å². The molecule has 1 aliphatic heterocycles. The normalized spacial score (nSPS) is 19.9. The van der Waals surface area contributed by atoms with Crippen LogP contribution in [0.25, 0.3) is 0 Å². The molecule has 1 aromatic carbocycles. The molecule has 2 atom stereocenters. The Labute approximate surface area is 188 Å². The molecule has 9 nitrogen and oxygen atoms in total. The Morgan fingerprint density at radius 2 is 2.00 bits per heavy atom. The summed E-state index contributed by atoms with van der Waals surface area (Å²) in [4.78, 5) is 33.2. The molecule has 9 heteroatoms. The van der Waals surface area contributed by atoms with E-state index in [9.17, 15) is 9.59 Å². The molecular weight excluding hydrogens is 408 g/mol. The molecule has 1 saturated carbocycles. The Morgan fingerprint density at radius 3 is 2.69 bits per heavy atom. The summed E-state index contributed by atoms with van der Waals surface area (Å²) in [5.74, 6) is 0.991. The molecule has 2 amide bonds. The summed E-state index contributed by atoms with van der Waals surface area (Å²) in [6.07, 6.45) is 7.94. The molecule has 32 heavy (non-hydrogen) atoms. The van der Waals surface area contributed by atoms with E-state index >= 15 is 0 Å². The third-order valence-electron chi connectivity index (χ3n) is 6.69. The molecule has 0 spiro atoms. The van der Waals surface area contributed by atoms with Gasteiger partial charge in [0, 0.05) is 13.6 Å². The van der Waals surface area contributed by atoms with Crippen LogP contribution in [-0.2, 0) is 28.1 Å². The highest BCUT2D eigenvalue weighted by Gasteiger charge is 2.38. The van der Waals surface area contributed by atoms with Crippen molar-refractivity contribution in [3.05, 3.63) is 41.7 Å². The number of aryl methyl sites for hydroxylation is 1. The number of hydrogen-bond acceptors (Lipinski definition) is 6. The molecule has 1 aliphatic carbocycles. The minimum absolute atomic E-state index is 0.0672. The predicted octanol–water partition coefficient (Wildman–Crippen LogP) is 2.66. The first-order chi connectivity index (χ1) is 15.7. The smallest absolute Gasteiger partial charge is 0.233 e. The second-order valence-electron chi connectivity index (χ2n) is 8.90. The molecule has 0 bridgehead atoms. The number of rotatable bonds is 10. The summed E-state index contributed by atoms with van der Waals surface area (Å²) in [6, 6.07) is 9.60. The van der Waals surface area contributed by atoms with E-state index in [0.717, 1.165) is 37.7 Å². The Hall–Kier alpha value is -2.81. The molecule has 2 heterocycles. The van der Waals surface area contributed by atoms with Gasteiger partial charge >= 0.3 is 0 Å². The first-order valence-electron chi connectivity index (χ1n) is 11.6. The minimum atomic E-state index is -0.305. The second-order valence-corrected chi connectivity index (χ2v) is 8.90. The zero-order valence-corrected chi connectivity index (χ0v) is 18.7. The van der Waals surface area contributed by atoms with Gasteiger partial charge in [0.15, 0.2) is 5.82 Å². The van der Waals surface area contributed by atoms with Crippen molar-refractivity contribution >= 4 is 12.3 Å². The van der Waals surface area contributed by atoms with Crippen LogP contribution in [0.4, 0.5) is 0 Å². The van der Waals surface area contributed by atoms with Crippen LogP contribution in [0.2, 0.25) is 0 Å². The number of nitrogens with zero attached hydrogens (tertiary/aromatic N) is 6. The summed E-state index contributed by atoms with van der Waals surface area (Å²) in [5.41, 5.74) is 0.979. The number of amides is 2. The zero-order chi connectivity index (χ0) is 22.3. The fraction of sp³-hybridized carbons (Fsp3) is 0.609. The van der Waals surface area contributed by atoms with Gasteiger partial charge in [-0.2, -0.15) is 0 Å². The van der Waals surface area contributed by atoms with Crippen LogP contribution in [-0.4, -0.2) is 55.6 Å². The van der Waals surface area contributed by atoms with E-state index in [0.29, 0.717) is 31.3 Å². The number of hydrogen-bond donors (Lipinski definition) is 0. The van der Waals surface area contributed by atoms with Crippen molar-refractivity contribution < 1.29 is 14.4 Å². The van der Waals surface area contributed by atoms with Crippen LogP contribution in [0.3, 0.4) is 0 Å². The molecule has 2 fully saturated rings. The van der Waals surface area contributed by atoms with Crippen molar-refractivity contribution in [2.45, 2.75) is 57.6 Å². The van der Waals surface area contributed by atoms with Crippen molar-refractivity contribution in [3.63, 3.8) is 0 Å². The van der Waals surface area contributed by atoms with Crippen LogP contribution in [0.15, 0.2) is 30.3 Å². The molecule has 0 unspecified atom stereocenters. The number of benzene rings is 1. The SMILES string of the molecule is Cn1nnnc1[C@@H]1CCCN1C(=O)[C@H](CC1CCCC1)CN(C=O)OCc1ccccc1. The Kier molecular flexibility index (Phi) is 7.47. The molecular formula is C23H32N6O3. The summed E-state index contributed by atoms with van der Waals surface area (Å²) in [6.45, 7) is 1.23. The third kappa shape index (κ3) is 5.32. The van der Waals surface area contributed by atoms with E-state index in [1.807, 2.05) is 35.2 Å². The lowest BCUT2D eigenvalue weighted by atomic mass is 9.91. The lowest BCUT2D eigenvalue weighted by Crippen LogP contribution is -2.42. The monoisotopic (exact) mass is 440 g/mol. The summed E-state index contributed by atoms with van der Waals surface area (Å²) < 4.78 is 1.64. The lowest BCUT2D eigenvalue weighted by molar-refractivity contribution is -0.183. The maximum Gasteiger partial charge on any atom is 0.233 e. The second kappa shape index (κ2) is 10.7. The van der Waals surface area contributed by atoms with Gasteiger partial charge in [-0.05, 0) is 41.2 Å². The molecule has 1 saturated heterocycles. The van der Waals surface area contributed by atoms with E-state index < -0.39 is 0 Å². The van der Waals surface area contributed by atoms with Crippen molar-refractivity contribution in [2.24, 2.45) is 18.9 Å². The van der Waals surface area contributed by atoms with E-state index in [1.54, 1.807) is 11.7 Å². The standard InChI is InChI=1S/C23H32N6O3/c1-27-22(24-25-26-27)21-12-7-13-29(21)23(31)20(14-18-8-5-6-9-18)15-28(17-30)32-16-19-10-3-2-4-11-19/h2-4,10-11,17-18,20-21H,5-9,12-16H2,1H3/t20-,21+/m1/s1. The average molecular weight is 441 g/mol. The van der Waals surface area contributed by atoms with E-state index in [-0.39, 0.29) is 24.4 Å². The van der Waals surface area contributed by atoms with E-state index in [4.69, 9.17) is 4.84 Å². The topological polar surface area (TPSA) is 93.5 Å². The van der Waals surface area contributed by atoms with Gasteiger partial charge in [-0.1, -0.05) is 56.0 Å². The van der Waals surface area contributed by atoms with Gasteiger partial charge in [-0.3, -0.25) is 14.4 Å². The van der Waals surface area contributed by atoms with Crippen LogP contribution in [0.1, 0.15) is 62.4 Å². The maximum absolute atomic E-state index is 13.7. The quantitative estimate of drug-likeness (QED) is 0.417. The third-order valence-corrected chi connectivity index (χ3v) is 6.69. The van der Waals surface area contributed by atoms with Crippen molar-refractivity contribution in [3.8, 4) is 0 Å². The first kappa shape index (κ1) is 22.4. The van der Waals surface area contributed by atoms with Crippen molar-refractivity contribution in [2.75, 3.05) is 13.1 Å². The van der Waals surface area contributed by atoms with Gasteiger partial charge < -0.3 is 4.90 Å². The number of hydroxylamine groups is 2. The molecule has 2 aromatic rings. The molecule has 0 radical (unpaired) electrons. The Bertz CT molecular complexity index is 883. The van der Waals surface area contributed by atoms with Crippen molar-refractivity contribution in [1.82, 2.24) is 30.2 Å². The molecule has 0 N–H and O–H groups in total. The van der Waals surface area contributed by atoms with Crippen LogP contribution in [0.5, 0.6) is 0 Å². The van der Waals surface area contributed by atoms with Gasteiger partial charge in [0.1, 0.15) is 6.61 Å². The highest BCUT2D eigenvalue weighted by atomic mass is 16.7. The maximum atomic E-state index is 13.7. The average Bonchev–Trinajstić information content (AvgIpc) is 3.58. The molecule has 2 aliphatic rings. The number of carbonyl (C=O) groups is 2. The summed E-state index contributed by atoms with van der Waals surface area (Å²) >= 11 is 0. The van der Waals surface area contributed by atoms with Crippen LogP contribution >= 0.6 is 0 Å². The fourth-order valence-corrected chi connectivity index (χ4v) is 5.03. The predicted molar refractivity (Wildman–Crippen MR) is 117 cm³/mol. The highest BCUT2D eigenvalue weighted by molar-refractivity contribution is 5.80. The lowest BCUT2D eigenvalue weighted by Gasteiger charge is -2.31. The van der Waals surface area contributed by atoms with E-state index in [2.05, 4.69) is 15.5 Å². The van der Waals surface area contributed by atoms with E-state index in [1.165, 1.54) is 17.9 Å². The number of aromatic nitrogens is 4. The highest BCUT2D eigenvalue weighted by Crippen LogP contribution is 2.35. The number of likely N-dealkylation sites (tertiary alicyclic amines) is 1. The largest absolute Gasteiger partial charge is 0.332 e. The Balaban J connectivity index is 1.46. The van der Waals surface area contributed by atoms with Gasteiger partial charge in [0.05, 0.1) is 18.5 Å². The van der Waals surface area contributed by atoms with Crippen molar-refractivity contribution in [1.29, 1.82) is 0 Å². The van der Waals surface area contributed by atoms with Gasteiger partial charge in [-0.25, -0.2) is 9.75 Å². The summed E-state index contributed by atoms with van der Waals surface area (Å²) in [7, 11) is 1.80.